The van der Waals surface area contributed by atoms with E-state index in [9.17, 15) is 4.79 Å². The number of carbonyl (C=O) groups excluding carboxylic acids is 1. The smallest absolute Gasteiger partial charge is 0.357 e. The van der Waals surface area contributed by atoms with Gasteiger partial charge in [-0.15, -0.1) is 0 Å². The van der Waals surface area contributed by atoms with E-state index in [1.54, 1.807) is 43.1 Å². The molecule has 10 nitrogen and oxygen atoms in total. The zero-order valence-electron chi connectivity index (χ0n) is 19.7. The lowest BCUT2D eigenvalue weighted by Crippen LogP contribution is -2.17. The van der Waals surface area contributed by atoms with Crippen LogP contribution in [0.15, 0.2) is 40.3 Å². The summed E-state index contributed by atoms with van der Waals surface area (Å²) in [5.41, 5.74) is 0.936. The van der Waals surface area contributed by atoms with Crippen LogP contribution in [0.25, 0.3) is 0 Å². The predicted octanol–water partition coefficient (Wildman–Crippen LogP) is 4.31. The highest BCUT2D eigenvalue weighted by atomic mass is 35.5. The van der Waals surface area contributed by atoms with Crippen LogP contribution in [-0.2, 0) is 20.8 Å². The van der Waals surface area contributed by atoms with Crippen LogP contribution >= 0.6 is 23.4 Å². The molecule has 36 heavy (non-hydrogen) atoms. The number of methoxy groups -OCH3 is 3. The number of esters is 1. The maximum atomic E-state index is 13.1. The zero-order chi connectivity index (χ0) is 25.2. The summed E-state index contributed by atoms with van der Waals surface area (Å²) in [7, 11) is 4.44. The first-order chi connectivity index (χ1) is 17.5. The highest BCUT2D eigenvalue weighted by Crippen LogP contribution is 2.40. The van der Waals surface area contributed by atoms with Crippen LogP contribution < -0.4 is 18.9 Å². The predicted molar refractivity (Wildman–Crippen MR) is 129 cm³/mol. The number of aromatic nitrogens is 2. The lowest BCUT2D eigenvalue weighted by Gasteiger charge is -2.15. The van der Waals surface area contributed by atoms with Crippen molar-refractivity contribution >= 4 is 29.3 Å². The Bertz CT molecular complexity index is 1290. The Morgan fingerprint density at radius 2 is 1.81 bits per heavy atom. The summed E-state index contributed by atoms with van der Waals surface area (Å²) < 4.78 is 40.0. The monoisotopic (exact) mass is 534 g/mol. The molecular formula is C24H23ClN2O8S. The molecule has 2 aliphatic rings. The second-order valence-corrected chi connectivity index (χ2v) is 9.16. The third-order valence-corrected chi connectivity index (χ3v) is 6.94. The van der Waals surface area contributed by atoms with Crippen LogP contribution in [-0.4, -0.2) is 56.9 Å². The fourth-order valence-corrected chi connectivity index (χ4v) is 5.07. The van der Waals surface area contributed by atoms with Gasteiger partial charge in [-0.25, -0.2) is 9.78 Å². The molecule has 0 bridgehead atoms. The van der Waals surface area contributed by atoms with E-state index in [-0.39, 0.29) is 19.0 Å². The molecule has 0 aliphatic carbocycles. The molecule has 2 aromatic carbocycles. The average molecular weight is 535 g/mol. The standard InChI is InChI=1S/C24H23ClN2O8S/c1-29-16-5-4-14(9-17(16)30-2)36-22-20(23(28)31-3)27(21(26-22)24-32-6-7-33-24)11-13-8-18-19(10-15(13)25)35-12-34-18/h4-5,8-10,24H,6-7,11-12H2,1-3H3. The van der Waals surface area contributed by atoms with Crippen LogP contribution in [0.4, 0.5) is 0 Å². The quantitative estimate of drug-likeness (QED) is 0.388. The normalized spacial score (nSPS) is 14.8. The van der Waals surface area contributed by atoms with Crippen molar-refractivity contribution < 1.29 is 38.0 Å². The second-order valence-electron chi connectivity index (χ2n) is 7.69. The molecule has 0 saturated carbocycles. The van der Waals surface area contributed by atoms with Crippen molar-refractivity contribution in [1.29, 1.82) is 0 Å². The SMILES string of the molecule is COC(=O)c1c(Sc2ccc(OC)c(OC)c2)nc(C2OCCO2)n1Cc1cc2c(cc1Cl)OCO2. The molecule has 190 valence electrons. The Morgan fingerprint density at radius 3 is 2.50 bits per heavy atom. The largest absolute Gasteiger partial charge is 0.493 e. The van der Waals surface area contributed by atoms with Crippen molar-refractivity contribution in [2.45, 2.75) is 22.8 Å². The molecule has 1 saturated heterocycles. The lowest BCUT2D eigenvalue weighted by molar-refractivity contribution is -0.0530. The van der Waals surface area contributed by atoms with Gasteiger partial charge in [-0.3, -0.25) is 0 Å². The molecule has 0 amide bonds. The number of imidazole rings is 1. The first kappa shape index (κ1) is 24.6. The highest BCUT2D eigenvalue weighted by molar-refractivity contribution is 7.99. The number of carbonyl (C=O) groups is 1. The second kappa shape index (κ2) is 10.5. The van der Waals surface area contributed by atoms with Gasteiger partial charge < -0.3 is 37.7 Å². The van der Waals surface area contributed by atoms with E-state index in [1.807, 2.05) is 6.07 Å². The van der Waals surface area contributed by atoms with Crippen LogP contribution in [0.2, 0.25) is 5.02 Å². The summed E-state index contributed by atoms with van der Waals surface area (Å²) in [6.45, 7) is 1.13. The first-order valence-corrected chi connectivity index (χ1v) is 12.1. The van der Waals surface area contributed by atoms with Gasteiger partial charge in [0.15, 0.2) is 34.5 Å². The Morgan fingerprint density at radius 1 is 1.08 bits per heavy atom. The van der Waals surface area contributed by atoms with Gasteiger partial charge in [0.05, 0.1) is 41.1 Å². The maximum Gasteiger partial charge on any atom is 0.357 e. The maximum absolute atomic E-state index is 13.1. The Hall–Kier alpha value is -3.12. The van der Waals surface area contributed by atoms with Gasteiger partial charge >= 0.3 is 5.97 Å². The lowest BCUT2D eigenvalue weighted by atomic mass is 10.2. The summed E-state index contributed by atoms with van der Waals surface area (Å²) in [5.74, 6) is 2.14. The van der Waals surface area contributed by atoms with E-state index < -0.39 is 12.3 Å². The van der Waals surface area contributed by atoms with E-state index >= 15 is 0 Å². The van der Waals surface area contributed by atoms with Crippen molar-refractivity contribution in [3.8, 4) is 23.0 Å². The molecule has 0 N–H and O–H groups in total. The van der Waals surface area contributed by atoms with E-state index in [0.29, 0.717) is 57.6 Å². The number of halogens is 1. The van der Waals surface area contributed by atoms with Crippen LogP contribution in [0, 0.1) is 0 Å². The summed E-state index contributed by atoms with van der Waals surface area (Å²) in [6, 6.07) is 8.92. The number of benzene rings is 2. The van der Waals surface area contributed by atoms with Crippen molar-refractivity contribution in [3.05, 3.63) is 52.4 Å². The minimum atomic E-state index is -0.749. The van der Waals surface area contributed by atoms with Crippen LogP contribution in [0.5, 0.6) is 23.0 Å². The van der Waals surface area contributed by atoms with Gasteiger partial charge in [0.25, 0.3) is 0 Å². The van der Waals surface area contributed by atoms with Gasteiger partial charge in [-0.1, -0.05) is 23.4 Å². The molecule has 0 radical (unpaired) electrons. The van der Waals surface area contributed by atoms with E-state index in [4.69, 9.17) is 49.7 Å². The number of hydrogen-bond acceptors (Lipinski definition) is 10. The molecule has 1 fully saturated rings. The molecule has 1 aromatic heterocycles. The highest BCUT2D eigenvalue weighted by Gasteiger charge is 2.32. The summed E-state index contributed by atoms with van der Waals surface area (Å²) in [6.07, 6.45) is -0.749. The van der Waals surface area contributed by atoms with Gasteiger partial charge in [-0.05, 0) is 29.8 Å². The molecule has 3 aromatic rings. The minimum Gasteiger partial charge on any atom is -0.493 e. The van der Waals surface area contributed by atoms with Gasteiger partial charge in [0, 0.05) is 16.0 Å². The molecule has 3 heterocycles. The topological polar surface area (TPSA) is 99.5 Å². The zero-order valence-corrected chi connectivity index (χ0v) is 21.3. The van der Waals surface area contributed by atoms with Crippen molar-refractivity contribution in [2.75, 3.05) is 41.3 Å². The van der Waals surface area contributed by atoms with Gasteiger partial charge in [-0.2, -0.15) is 0 Å². The fourth-order valence-electron chi connectivity index (χ4n) is 3.90. The number of rotatable bonds is 8. The fraction of sp³-hybridized carbons (Fsp3) is 0.333. The average Bonchev–Trinajstić information content (AvgIpc) is 3.64. The van der Waals surface area contributed by atoms with E-state index in [1.165, 1.54) is 18.9 Å². The van der Waals surface area contributed by atoms with Crippen molar-refractivity contribution in [3.63, 3.8) is 0 Å². The molecule has 5 rings (SSSR count). The molecule has 12 heteroatoms. The van der Waals surface area contributed by atoms with Crippen LogP contribution in [0.1, 0.15) is 28.2 Å². The number of nitrogens with zero attached hydrogens (tertiary/aromatic N) is 2. The third kappa shape index (κ3) is 4.66. The molecule has 2 aliphatic heterocycles. The summed E-state index contributed by atoms with van der Waals surface area (Å²) in [4.78, 5) is 18.6. The number of ether oxygens (including phenoxy) is 7. The van der Waals surface area contributed by atoms with Crippen LogP contribution in [0.3, 0.4) is 0 Å². The Balaban J connectivity index is 1.59. The molecule has 0 spiro atoms. The Labute approximate surface area is 216 Å². The van der Waals surface area contributed by atoms with Gasteiger partial charge in [0.2, 0.25) is 13.1 Å². The Kier molecular flexibility index (Phi) is 7.15. The summed E-state index contributed by atoms with van der Waals surface area (Å²) in [5, 5.41) is 0.872. The molecular weight excluding hydrogens is 512 g/mol. The third-order valence-electron chi connectivity index (χ3n) is 5.62. The van der Waals surface area contributed by atoms with E-state index in [2.05, 4.69) is 0 Å². The van der Waals surface area contributed by atoms with Gasteiger partial charge in [0.1, 0.15) is 5.03 Å². The first-order valence-electron chi connectivity index (χ1n) is 10.9. The van der Waals surface area contributed by atoms with E-state index in [0.717, 1.165) is 4.90 Å². The number of fused-ring (bicyclic) bond motifs is 1. The number of hydrogen-bond donors (Lipinski definition) is 0. The minimum absolute atomic E-state index is 0.120. The molecule has 0 atom stereocenters. The van der Waals surface area contributed by atoms with Crippen molar-refractivity contribution in [1.82, 2.24) is 9.55 Å². The van der Waals surface area contributed by atoms with Crippen molar-refractivity contribution in [2.24, 2.45) is 0 Å². The summed E-state index contributed by atoms with van der Waals surface area (Å²) >= 11 is 7.83. The molecule has 0 unspecified atom stereocenters.